The fraction of sp³-hybridized carbons (Fsp3) is 0.364. The SMILES string of the molecule is CC(C)N1CN=C2N[C@H](c3ccc(N(C)C)cc3)n3c(nc4ccccc43)N2C1. The maximum Gasteiger partial charge on any atom is 0.216 e. The fourth-order valence-corrected chi connectivity index (χ4v) is 4.00. The van der Waals surface area contributed by atoms with Crippen LogP contribution >= 0.6 is 0 Å². The summed E-state index contributed by atoms with van der Waals surface area (Å²) in [6.45, 7) is 5.88. The Labute approximate surface area is 171 Å². The lowest BCUT2D eigenvalue weighted by Crippen LogP contribution is -2.58. The average molecular weight is 390 g/mol. The second-order valence-electron chi connectivity index (χ2n) is 8.18. The van der Waals surface area contributed by atoms with Gasteiger partial charge < -0.3 is 10.2 Å². The molecule has 1 aromatic heterocycles. The molecule has 2 aromatic carbocycles. The van der Waals surface area contributed by atoms with Gasteiger partial charge in [-0.15, -0.1) is 0 Å². The number of fused-ring (bicyclic) bond motifs is 5. The van der Waals surface area contributed by atoms with Crippen molar-refractivity contribution in [3.8, 4) is 0 Å². The van der Waals surface area contributed by atoms with Crippen LogP contribution in [0.2, 0.25) is 0 Å². The predicted octanol–water partition coefficient (Wildman–Crippen LogP) is 3.05. The molecule has 0 amide bonds. The Bertz CT molecular complexity index is 1060. The van der Waals surface area contributed by atoms with Crippen LogP contribution in [0.5, 0.6) is 0 Å². The van der Waals surface area contributed by atoms with Gasteiger partial charge >= 0.3 is 0 Å². The predicted molar refractivity (Wildman–Crippen MR) is 118 cm³/mol. The quantitative estimate of drug-likeness (QED) is 0.746. The first-order chi connectivity index (χ1) is 14.0. The van der Waals surface area contributed by atoms with Crippen LogP contribution in [0.15, 0.2) is 53.5 Å². The summed E-state index contributed by atoms with van der Waals surface area (Å²) < 4.78 is 2.29. The van der Waals surface area contributed by atoms with E-state index in [9.17, 15) is 0 Å². The van der Waals surface area contributed by atoms with Gasteiger partial charge in [0.2, 0.25) is 11.9 Å². The maximum absolute atomic E-state index is 4.99. The molecule has 1 atom stereocenters. The zero-order chi connectivity index (χ0) is 20.1. The topological polar surface area (TPSA) is 51.9 Å². The van der Waals surface area contributed by atoms with Crippen LogP contribution in [0.4, 0.5) is 11.6 Å². The van der Waals surface area contributed by atoms with E-state index in [4.69, 9.17) is 9.98 Å². The lowest BCUT2D eigenvalue weighted by Gasteiger charge is -2.42. The second kappa shape index (κ2) is 6.77. The Balaban J connectivity index is 1.64. The third-order valence-electron chi connectivity index (χ3n) is 5.78. The molecule has 0 fully saturated rings. The number of aromatic nitrogens is 2. The van der Waals surface area contributed by atoms with Gasteiger partial charge in [0.15, 0.2) is 0 Å². The van der Waals surface area contributed by atoms with Crippen molar-refractivity contribution in [2.45, 2.75) is 26.1 Å². The summed E-state index contributed by atoms with van der Waals surface area (Å²) in [7, 11) is 4.12. The summed E-state index contributed by atoms with van der Waals surface area (Å²) in [6.07, 6.45) is -0.0470. The van der Waals surface area contributed by atoms with E-state index in [0.717, 1.165) is 29.6 Å². The van der Waals surface area contributed by atoms with E-state index in [1.54, 1.807) is 0 Å². The minimum absolute atomic E-state index is 0.0470. The first-order valence-electron chi connectivity index (χ1n) is 10.1. The molecule has 3 heterocycles. The molecular formula is C22H27N7. The molecule has 0 saturated heterocycles. The summed E-state index contributed by atoms with van der Waals surface area (Å²) >= 11 is 0. The highest BCUT2D eigenvalue weighted by atomic mass is 15.5. The normalized spacial score (nSPS) is 19.0. The summed E-state index contributed by atoms with van der Waals surface area (Å²) in [5, 5.41) is 3.67. The molecule has 2 aliphatic rings. The van der Waals surface area contributed by atoms with Crippen LogP contribution in [0.1, 0.15) is 25.6 Å². The molecule has 7 nitrogen and oxygen atoms in total. The number of guanidine groups is 1. The first-order valence-corrected chi connectivity index (χ1v) is 10.1. The second-order valence-corrected chi connectivity index (χ2v) is 8.18. The highest BCUT2D eigenvalue weighted by molar-refractivity contribution is 5.98. The van der Waals surface area contributed by atoms with Gasteiger partial charge in [-0.25, -0.2) is 9.98 Å². The Morgan fingerprint density at radius 1 is 1.07 bits per heavy atom. The minimum atomic E-state index is -0.0470. The van der Waals surface area contributed by atoms with Crippen molar-refractivity contribution in [2.75, 3.05) is 37.2 Å². The fourth-order valence-electron chi connectivity index (χ4n) is 4.00. The van der Waals surface area contributed by atoms with Gasteiger partial charge in [-0.3, -0.25) is 14.4 Å². The van der Waals surface area contributed by atoms with Crippen LogP contribution in [-0.4, -0.2) is 53.9 Å². The molecule has 7 heteroatoms. The Kier molecular flexibility index (Phi) is 4.20. The molecule has 0 saturated carbocycles. The molecule has 0 radical (unpaired) electrons. The Morgan fingerprint density at radius 2 is 1.83 bits per heavy atom. The van der Waals surface area contributed by atoms with Crippen LogP contribution in [0.25, 0.3) is 11.0 Å². The lowest BCUT2D eigenvalue weighted by atomic mass is 10.1. The minimum Gasteiger partial charge on any atom is -0.378 e. The van der Waals surface area contributed by atoms with E-state index in [-0.39, 0.29) is 6.17 Å². The molecule has 1 N–H and O–H groups in total. The van der Waals surface area contributed by atoms with Crippen molar-refractivity contribution in [3.63, 3.8) is 0 Å². The van der Waals surface area contributed by atoms with E-state index >= 15 is 0 Å². The largest absolute Gasteiger partial charge is 0.378 e. The molecule has 0 aliphatic carbocycles. The number of para-hydroxylation sites is 2. The van der Waals surface area contributed by atoms with Gasteiger partial charge in [-0.2, -0.15) is 0 Å². The third-order valence-corrected chi connectivity index (χ3v) is 5.78. The highest BCUT2D eigenvalue weighted by Crippen LogP contribution is 2.34. The number of rotatable bonds is 3. The summed E-state index contributed by atoms with van der Waals surface area (Å²) in [5.41, 5.74) is 4.50. The van der Waals surface area contributed by atoms with Crippen LogP contribution in [-0.2, 0) is 0 Å². The lowest BCUT2D eigenvalue weighted by molar-refractivity contribution is 0.221. The number of hydrogen-bond acceptors (Lipinski definition) is 6. The Hall–Kier alpha value is -3.06. The number of anilines is 2. The van der Waals surface area contributed by atoms with Crippen molar-refractivity contribution < 1.29 is 0 Å². The first kappa shape index (κ1) is 18.0. The standard InChI is InChI=1S/C22H27N7/c1-15(2)27-13-23-21-25-20(16-9-11-17(12-10-16)26(3)4)29-19-8-6-5-7-18(19)24-22(29)28(21)14-27/h5-12,15,20H,13-14H2,1-4H3,(H,23,25)/t20-/m0/s1. The molecule has 150 valence electrons. The zero-order valence-corrected chi connectivity index (χ0v) is 17.4. The van der Waals surface area contributed by atoms with Crippen molar-refractivity contribution >= 4 is 28.6 Å². The van der Waals surface area contributed by atoms with E-state index in [0.29, 0.717) is 12.7 Å². The molecule has 0 bridgehead atoms. The monoisotopic (exact) mass is 389 g/mol. The van der Waals surface area contributed by atoms with E-state index in [2.05, 4.69) is 95.0 Å². The smallest absolute Gasteiger partial charge is 0.216 e. The third kappa shape index (κ3) is 2.93. The summed E-state index contributed by atoms with van der Waals surface area (Å²) in [4.78, 5) is 16.5. The van der Waals surface area contributed by atoms with Crippen molar-refractivity contribution in [1.29, 1.82) is 0 Å². The number of imidazole rings is 1. The number of benzene rings is 2. The van der Waals surface area contributed by atoms with E-state index in [1.807, 2.05) is 6.07 Å². The summed E-state index contributed by atoms with van der Waals surface area (Å²) in [6, 6.07) is 17.4. The molecule has 0 unspecified atom stereocenters. The van der Waals surface area contributed by atoms with Gasteiger partial charge in [0.25, 0.3) is 0 Å². The van der Waals surface area contributed by atoms with E-state index < -0.39 is 0 Å². The molecule has 0 spiro atoms. The highest BCUT2D eigenvalue weighted by Gasteiger charge is 2.36. The van der Waals surface area contributed by atoms with Gasteiger partial charge in [0.1, 0.15) is 6.17 Å². The molecular weight excluding hydrogens is 362 g/mol. The number of nitrogens with one attached hydrogen (secondary N) is 1. The number of aliphatic imine (C=N–C) groups is 1. The maximum atomic E-state index is 4.99. The van der Waals surface area contributed by atoms with Gasteiger partial charge in [-0.1, -0.05) is 24.3 Å². The van der Waals surface area contributed by atoms with E-state index in [1.165, 1.54) is 11.3 Å². The van der Waals surface area contributed by atoms with Gasteiger partial charge in [0, 0.05) is 25.8 Å². The Morgan fingerprint density at radius 3 is 2.55 bits per heavy atom. The number of hydrogen-bond donors (Lipinski definition) is 1. The van der Waals surface area contributed by atoms with Crippen molar-refractivity contribution in [3.05, 3.63) is 54.1 Å². The van der Waals surface area contributed by atoms with Crippen molar-refractivity contribution in [2.24, 2.45) is 4.99 Å². The summed E-state index contributed by atoms with van der Waals surface area (Å²) in [5.74, 6) is 1.84. The van der Waals surface area contributed by atoms with Crippen LogP contribution in [0, 0.1) is 0 Å². The molecule has 3 aromatic rings. The van der Waals surface area contributed by atoms with Crippen molar-refractivity contribution in [1.82, 2.24) is 19.8 Å². The van der Waals surface area contributed by atoms with Gasteiger partial charge in [-0.05, 0) is 43.7 Å². The molecule has 2 aliphatic heterocycles. The van der Waals surface area contributed by atoms with Gasteiger partial charge in [0.05, 0.1) is 24.4 Å². The average Bonchev–Trinajstić information content (AvgIpc) is 3.13. The van der Waals surface area contributed by atoms with Crippen LogP contribution < -0.4 is 15.1 Å². The van der Waals surface area contributed by atoms with Crippen LogP contribution in [0.3, 0.4) is 0 Å². The molecule has 5 rings (SSSR count). The zero-order valence-electron chi connectivity index (χ0n) is 17.4. The molecule has 29 heavy (non-hydrogen) atoms. The number of nitrogens with zero attached hydrogens (tertiary/aromatic N) is 6.